The third kappa shape index (κ3) is 6.38. The summed E-state index contributed by atoms with van der Waals surface area (Å²) in [6.45, 7) is 3.35. The summed E-state index contributed by atoms with van der Waals surface area (Å²) in [7, 11) is 5.67. The zero-order chi connectivity index (χ0) is 19.8. The number of benzene rings is 1. The molecule has 0 unspecified atom stereocenters. The van der Waals surface area contributed by atoms with E-state index in [0.717, 1.165) is 17.8 Å². The van der Waals surface area contributed by atoms with Crippen molar-refractivity contribution in [2.75, 3.05) is 44.4 Å². The summed E-state index contributed by atoms with van der Waals surface area (Å²) in [5.41, 5.74) is 2.44. The van der Waals surface area contributed by atoms with E-state index in [-0.39, 0.29) is 11.9 Å². The summed E-state index contributed by atoms with van der Waals surface area (Å²) in [6.07, 6.45) is 3.48. The number of hydrogen-bond acceptors (Lipinski definition) is 4. The number of nitrogens with zero attached hydrogens (tertiary/aromatic N) is 4. The van der Waals surface area contributed by atoms with Crippen LogP contribution in [0.3, 0.4) is 0 Å². The summed E-state index contributed by atoms with van der Waals surface area (Å²) in [5, 5.41) is 2.93. The first-order chi connectivity index (χ1) is 12.9. The Balaban J connectivity index is 2.06. The normalized spacial score (nSPS) is 10.6. The zero-order valence-corrected chi connectivity index (χ0v) is 16.3. The molecular formula is C20H27N5O2. The molecule has 1 N–H and O–H groups in total. The van der Waals surface area contributed by atoms with Crippen molar-refractivity contribution in [3.63, 3.8) is 0 Å². The molecule has 0 spiro atoms. The Hall–Kier alpha value is -2.93. The van der Waals surface area contributed by atoms with E-state index >= 15 is 0 Å². The quantitative estimate of drug-likeness (QED) is 0.815. The number of rotatable bonds is 7. The van der Waals surface area contributed by atoms with Crippen LogP contribution in [0, 0.1) is 0 Å². The topological polar surface area (TPSA) is 68.8 Å². The van der Waals surface area contributed by atoms with Gasteiger partial charge in [0.25, 0.3) is 0 Å². The third-order valence-electron chi connectivity index (χ3n) is 4.18. The second-order valence-corrected chi connectivity index (χ2v) is 6.64. The summed E-state index contributed by atoms with van der Waals surface area (Å²) in [4.78, 5) is 33.7. The lowest BCUT2D eigenvalue weighted by atomic mass is 10.2. The summed E-state index contributed by atoms with van der Waals surface area (Å²) >= 11 is 0. The van der Waals surface area contributed by atoms with E-state index in [9.17, 15) is 9.59 Å². The maximum Gasteiger partial charge on any atom is 0.322 e. The van der Waals surface area contributed by atoms with E-state index in [0.29, 0.717) is 18.8 Å². The van der Waals surface area contributed by atoms with Gasteiger partial charge >= 0.3 is 6.03 Å². The molecule has 0 radical (unpaired) electrons. The van der Waals surface area contributed by atoms with Crippen LogP contribution in [0.2, 0.25) is 0 Å². The molecule has 27 heavy (non-hydrogen) atoms. The van der Waals surface area contributed by atoms with E-state index in [1.54, 1.807) is 41.4 Å². The van der Waals surface area contributed by atoms with Gasteiger partial charge in [-0.05, 0) is 50.0 Å². The first-order valence-corrected chi connectivity index (χ1v) is 8.80. The van der Waals surface area contributed by atoms with Crippen LogP contribution in [0.25, 0.3) is 0 Å². The zero-order valence-electron chi connectivity index (χ0n) is 16.3. The molecular weight excluding hydrogens is 342 g/mol. The van der Waals surface area contributed by atoms with Gasteiger partial charge in [0, 0.05) is 57.4 Å². The smallest absolute Gasteiger partial charge is 0.319 e. The number of likely N-dealkylation sites (N-methyl/N-ethyl adjacent to an activating group) is 1. The molecule has 0 saturated carbocycles. The summed E-state index contributed by atoms with van der Waals surface area (Å²) in [6, 6.07) is 10.8. The third-order valence-corrected chi connectivity index (χ3v) is 4.18. The van der Waals surface area contributed by atoms with Crippen LogP contribution < -0.4 is 10.2 Å². The van der Waals surface area contributed by atoms with Crippen molar-refractivity contribution < 1.29 is 9.59 Å². The van der Waals surface area contributed by atoms with Crippen molar-refractivity contribution in [2.24, 2.45) is 0 Å². The van der Waals surface area contributed by atoms with Crippen molar-refractivity contribution in [3.05, 3.63) is 54.4 Å². The van der Waals surface area contributed by atoms with Gasteiger partial charge in [0.1, 0.15) is 0 Å². The van der Waals surface area contributed by atoms with Crippen LogP contribution in [-0.2, 0) is 11.3 Å². The first-order valence-electron chi connectivity index (χ1n) is 8.80. The van der Waals surface area contributed by atoms with Gasteiger partial charge in [-0.2, -0.15) is 0 Å². The molecule has 7 nitrogen and oxygen atoms in total. The molecule has 1 aromatic heterocycles. The fraction of sp³-hybridized carbons (Fsp3) is 0.350. The maximum atomic E-state index is 12.8. The van der Waals surface area contributed by atoms with E-state index in [2.05, 4.69) is 10.3 Å². The Morgan fingerprint density at radius 2 is 1.74 bits per heavy atom. The minimum absolute atomic E-state index is 0.0434. The van der Waals surface area contributed by atoms with E-state index in [1.165, 1.54) is 6.92 Å². The van der Waals surface area contributed by atoms with Gasteiger partial charge in [0.05, 0.1) is 0 Å². The fourth-order valence-electron chi connectivity index (χ4n) is 2.44. The van der Waals surface area contributed by atoms with Crippen molar-refractivity contribution >= 4 is 23.3 Å². The number of urea groups is 1. The Morgan fingerprint density at radius 1 is 1.04 bits per heavy atom. The minimum atomic E-state index is -0.173. The average Bonchev–Trinajstić information content (AvgIpc) is 2.65. The predicted octanol–water partition coefficient (Wildman–Crippen LogP) is 2.66. The van der Waals surface area contributed by atoms with Crippen molar-refractivity contribution in [3.8, 4) is 0 Å². The highest BCUT2D eigenvalue weighted by Gasteiger charge is 2.15. The molecule has 1 aromatic carbocycles. The average molecular weight is 369 g/mol. The molecule has 0 bridgehead atoms. The Bertz CT molecular complexity index is 747. The SMILES string of the molecule is CC(=O)N(C)c1ccc(NC(=O)N(CCN(C)C)Cc2cccnc2)cc1. The highest BCUT2D eigenvalue weighted by molar-refractivity contribution is 5.92. The molecule has 0 aliphatic heterocycles. The lowest BCUT2D eigenvalue weighted by molar-refractivity contribution is -0.116. The number of nitrogens with one attached hydrogen (secondary N) is 1. The first kappa shape index (κ1) is 20.4. The summed E-state index contributed by atoms with van der Waals surface area (Å²) < 4.78 is 0. The molecule has 0 atom stereocenters. The highest BCUT2D eigenvalue weighted by Crippen LogP contribution is 2.17. The summed E-state index contributed by atoms with van der Waals surface area (Å²) in [5.74, 6) is -0.0434. The van der Waals surface area contributed by atoms with Crippen molar-refractivity contribution in [1.29, 1.82) is 0 Å². The molecule has 0 fully saturated rings. The molecule has 0 saturated heterocycles. The lowest BCUT2D eigenvalue weighted by Gasteiger charge is -2.25. The van der Waals surface area contributed by atoms with Crippen LogP contribution in [0.1, 0.15) is 12.5 Å². The maximum absolute atomic E-state index is 12.8. The van der Waals surface area contributed by atoms with Crippen LogP contribution >= 0.6 is 0 Å². The van der Waals surface area contributed by atoms with Crippen LogP contribution in [-0.4, -0.2) is 61.0 Å². The standard InChI is InChI=1S/C20H27N5O2/c1-16(26)24(4)19-9-7-18(8-10-19)22-20(27)25(13-12-23(2)3)15-17-6-5-11-21-14-17/h5-11,14H,12-13,15H2,1-4H3,(H,22,27). The largest absolute Gasteiger partial charge is 0.322 e. The Morgan fingerprint density at radius 3 is 2.30 bits per heavy atom. The number of pyridine rings is 1. The number of aromatic nitrogens is 1. The van der Waals surface area contributed by atoms with Crippen LogP contribution in [0.4, 0.5) is 16.2 Å². The van der Waals surface area contributed by atoms with Gasteiger partial charge in [-0.1, -0.05) is 6.07 Å². The van der Waals surface area contributed by atoms with E-state index in [1.807, 2.05) is 43.3 Å². The number of amides is 3. The molecule has 0 aliphatic rings. The molecule has 2 aromatic rings. The number of carbonyl (C=O) groups is 2. The number of carbonyl (C=O) groups excluding carboxylic acids is 2. The van der Waals surface area contributed by atoms with E-state index in [4.69, 9.17) is 0 Å². The van der Waals surface area contributed by atoms with Gasteiger partial charge in [-0.3, -0.25) is 9.78 Å². The van der Waals surface area contributed by atoms with Gasteiger partial charge in [0.2, 0.25) is 5.91 Å². The Labute approximate surface area is 160 Å². The molecule has 0 aliphatic carbocycles. The highest BCUT2D eigenvalue weighted by atomic mass is 16.2. The monoisotopic (exact) mass is 369 g/mol. The number of anilines is 2. The fourth-order valence-corrected chi connectivity index (χ4v) is 2.44. The second-order valence-electron chi connectivity index (χ2n) is 6.64. The van der Waals surface area contributed by atoms with Gasteiger partial charge in [0.15, 0.2) is 0 Å². The predicted molar refractivity (Wildman–Crippen MR) is 108 cm³/mol. The van der Waals surface area contributed by atoms with Crippen molar-refractivity contribution in [1.82, 2.24) is 14.8 Å². The van der Waals surface area contributed by atoms with Gasteiger partial charge < -0.3 is 20.0 Å². The van der Waals surface area contributed by atoms with Gasteiger partial charge in [-0.15, -0.1) is 0 Å². The molecule has 2 rings (SSSR count). The second kappa shape index (κ2) is 9.68. The number of hydrogen-bond donors (Lipinski definition) is 1. The Kier molecular flexibility index (Phi) is 7.31. The van der Waals surface area contributed by atoms with Crippen LogP contribution in [0.15, 0.2) is 48.8 Å². The van der Waals surface area contributed by atoms with Crippen LogP contribution in [0.5, 0.6) is 0 Å². The van der Waals surface area contributed by atoms with Crippen molar-refractivity contribution in [2.45, 2.75) is 13.5 Å². The molecule has 144 valence electrons. The minimum Gasteiger partial charge on any atom is -0.319 e. The lowest BCUT2D eigenvalue weighted by Crippen LogP contribution is -2.39. The van der Waals surface area contributed by atoms with Gasteiger partial charge in [-0.25, -0.2) is 4.79 Å². The molecule has 3 amide bonds. The molecule has 1 heterocycles. The van der Waals surface area contributed by atoms with E-state index < -0.39 is 0 Å². The molecule has 7 heteroatoms.